The van der Waals surface area contributed by atoms with E-state index in [1.807, 2.05) is 0 Å². The number of carbonyl (C=O) groups excluding carboxylic acids is 1. The molecule has 0 aliphatic heterocycles. The Kier molecular flexibility index (Phi) is 5.15. The van der Waals surface area contributed by atoms with E-state index in [4.69, 9.17) is 6.42 Å². The number of terminal acetylenes is 1. The molecule has 1 N–H and O–H groups in total. The van der Waals surface area contributed by atoms with E-state index >= 15 is 0 Å². The highest BCUT2D eigenvalue weighted by molar-refractivity contribution is 5.76. The van der Waals surface area contributed by atoms with Gasteiger partial charge in [-0.25, -0.2) is 0 Å². The third kappa shape index (κ3) is 4.65. The highest BCUT2D eigenvalue weighted by Gasteiger charge is 2.00. The number of carbonyl (C=O) groups is 1. The van der Waals surface area contributed by atoms with E-state index in [1.54, 1.807) is 0 Å². The summed E-state index contributed by atoms with van der Waals surface area (Å²) < 4.78 is 0. The number of benzene rings is 1. The van der Waals surface area contributed by atoms with Gasteiger partial charge in [-0.2, -0.15) is 0 Å². The summed E-state index contributed by atoms with van der Waals surface area (Å²) in [5, 5.41) is 2.78. The summed E-state index contributed by atoms with van der Waals surface area (Å²) in [4.78, 5) is 11.4. The van der Waals surface area contributed by atoms with Crippen molar-refractivity contribution < 1.29 is 4.79 Å². The minimum atomic E-state index is 0.0656. The van der Waals surface area contributed by atoms with Crippen LogP contribution in [0.1, 0.15) is 24.0 Å². The largest absolute Gasteiger partial charge is 0.355 e. The Labute approximate surface area is 97.1 Å². The van der Waals surface area contributed by atoms with E-state index in [9.17, 15) is 4.79 Å². The molecule has 0 atom stereocenters. The van der Waals surface area contributed by atoms with Crippen LogP contribution in [0.3, 0.4) is 0 Å². The van der Waals surface area contributed by atoms with Crippen molar-refractivity contribution in [3.05, 3.63) is 35.4 Å². The fourth-order valence-corrected chi connectivity index (χ4v) is 1.38. The number of aryl methyl sites for hydroxylation is 2. The fraction of sp³-hybridized carbons (Fsp3) is 0.357. The molecular weight excluding hydrogens is 198 g/mol. The van der Waals surface area contributed by atoms with Crippen LogP contribution in [-0.2, 0) is 11.2 Å². The molecule has 1 aromatic rings. The summed E-state index contributed by atoms with van der Waals surface area (Å²) in [6, 6.07) is 8.24. The Bertz CT molecular complexity index is 373. The maximum atomic E-state index is 11.4. The summed E-state index contributed by atoms with van der Waals surface area (Å²) in [5.74, 6) is 2.55. The lowest BCUT2D eigenvalue weighted by Gasteiger charge is -2.03. The van der Waals surface area contributed by atoms with E-state index in [0.717, 1.165) is 6.42 Å². The maximum Gasteiger partial charge on any atom is 0.220 e. The number of hydrogen-bond donors (Lipinski definition) is 1. The second-order valence-corrected chi connectivity index (χ2v) is 3.79. The summed E-state index contributed by atoms with van der Waals surface area (Å²) in [6.07, 6.45) is 6.99. The molecule has 1 amide bonds. The van der Waals surface area contributed by atoms with Gasteiger partial charge in [0.05, 0.1) is 0 Å². The van der Waals surface area contributed by atoms with Crippen molar-refractivity contribution in [2.45, 2.75) is 26.2 Å². The van der Waals surface area contributed by atoms with E-state index in [0.29, 0.717) is 19.4 Å². The van der Waals surface area contributed by atoms with Gasteiger partial charge in [0.25, 0.3) is 0 Å². The predicted octanol–water partition coefficient (Wildman–Crippen LogP) is 2.07. The van der Waals surface area contributed by atoms with Gasteiger partial charge < -0.3 is 5.32 Å². The van der Waals surface area contributed by atoms with Crippen molar-refractivity contribution in [2.75, 3.05) is 6.54 Å². The molecule has 0 bridgehead atoms. The predicted molar refractivity (Wildman–Crippen MR) is 66.0 cm³/mol. The molecule has 0 heterocycles. The summed E-state index contributed by atoms with van der Waals surface area (Å²) in [7, 11) is 0. The number of rotatable bonds is 5. The fourth-order valence-electron chi connectivity index (χ4n) is 1.38. The van der Waals surface area contributed by atoms with Crippen molar-refractivity contribution in [2.24, 2.45) is 0 Å². The first-order valence-corrected chi connectivity index (χ1v) is 5.48. The topological polar surface area (TPSA) is 29.1 Å². The molecule has 16 heavy (non-hydrogen) atoms. The summed E-state index contributed by atoms with van der Waals surface area (Å²) >= 11 is 0. The third-order valence-corrected chi connectivity index (χ3v) is 2.35. The molecule has 0 spiro atoms. The number of amides is 1. The van der Waals surface area contributed by atoms with Crippen LogP contribution in [0, 0.1) is 19.3 Å². The monoisotopic (exact) mass is 215 g/mol. The van der Waals surface area contributed by atoms with Gasteiger partial charge in [0.15, 0.2) is 0 Å². The van der Waals surface area contributed by atoms with E-state index in [-0.39, 0.29) is 5.91 Å². The minimum absolute atomic E-state index is 0.0656. The Morgan fingerprint density at radius 1 is 1.38 bits per heavy atom. The van der Waals surface area contributed by atoms with Gasteiger partial charge in [0.1, 0.15) is 0 Å². The zero-order valence-corrected chi connectivity index (χ0v) is 9.62. The molecule has 0 saturated heterocycles. The number of nitrogens with one attached hydrogen (secondary N) is 1. The number of hydrogen-bond acceptors (Lipinski definition) is 1. The lowest BCUT2D eigenvalue weighted by Crippen LogP contribution is -2.24. The van der Waals surface area contributed by atoms with Gasteiger partial charge in [-0.15, -0.1) is 12.3 Å². The average molecular weight is 215 g/mol. The van der Waals surface area contributed by atoms with Gasteiger partial charge in [-0.3, -0.25) is 4.79 Å². The Morgan fingerprint density at radius 3 is 2.69 bits per heavy atom. The van der Waals surface area contributed by atoms with Crippen molar-refractivity contribution in [3.63, 3.8) is 0 Å². The molecule has 1 rings (SSSR count). The smallest absolute Gasteiger partial charge is 0.220 e. The first kappa shape index (κ1) is 12.3. The molecule has 0 aliphatic rings. The lowest BCUT2D eigenvalue weighted by molar-refractivity contribution is -0.121. The molecule has 0 unspecified atom stereocenters. The SMILES string of the molecule is C#CCCNC(=O)CCc1ccc(C)cc1. The van der Waals surface area contributed by atoms with Crippen LogP contribution in [0.25, 0.3) is 0 Å². The molecule has 2 nitrogen and oxygen atoms in total. The molecule has 0 aromatic heterocycles. The van der Waals surface area contributed by atoms with Crippen LogP contribution in [0.2, 0.25) is 0 Å². The molecule has 2 heteroatoms. The second-order valence-electron chi connectivity index (χ2n) is 3.79. The van der Waals surface area contributed by atoms with E-state index in [2.05, 4.69) is 42.4 Å². The Morgan fingerprint density at radius 2 is 2.06 bits per heavy atom. The average Bonchev–Trinajstić information content (AvgIpc) is 2.29. The quantitative estimate of drug-likeness (QED) is 0.591. The third-order valence-electron chi connectivity index (χ3n) is 2.35. The van der Waals surface area contributed by atoms with Crippen LogP contribution in [-0.4, -0.2) is 12.5 Å². The summed E-state index contributed by atoms with van der Waals surface area (Å²) in [5.41, 5.74) is 2.43. The second kappa shape index (κ2) is 6.68. The van der Waals surface area contributed by atoms with Gasteiger partial charge in [-0.1, -0.05) is 29.8 Å². The van der Waals surface area contributed by atoms with Gasteiger partial charge in [0.2, 0.25) is 5.91 Å². The van der Waals surface area contributed by atoms with E-state index < -0.39 is 0 Å². The molecule has 0 aliphatic carbocycles. The van der Waals surface area contributed by atoms with Crippen molar-refractivity contribution in [1.29, 1.82) is 0 Å². The van der Waals surface area contributed by atoms with Crippen LogP contribution in [0.4, 0.5) is 0 Å². The van der Waals surface area contributed by atoms with Gasteiger partial charge in [0, 0.05) is 19.4 Å². The summed E-state index contributed by atoms with van der Waals surface area (Å²) in [6.45, 7) is 2.62. The van der Waals surface area contributed by atoms with Crippen LogP contribution >= 0.6 is 0 Å². The maximum absolute atomic E-state index is 11.4. The molecule has 1 aromatic carbocycles. The molecule has 0 saturated carbocycles. The first-order valence-electron chi connectivity index (χ1n) is 5.48. The van der Waals surface area contributed by atoms with Gasteiger partial charge in [-0.05, 0) is 18.9 Å². The molecule has 0 radical (unpaired) electrons. The minimum Gasteiger partial charge on any atom is -0.355 e. The first-order chi connectivity index (χ1) is 7.72. The zero-order valence-electron chi connectivity index (χ0n) is 9.62. The Balaban J connectivity index is 2.26. The van der Waals surface area contributed by atoms with Crippen molar-refractivity contribution in [1.82, 2.24) is 5.32 Å². The highest BCUT2D eigenvalue weighted by atomic mass is 16.1. The molecule has 84 valence electrons. The van der Waals surface area contributed by atoms with Gasteiger partial charge >= 0.3 is 0 Å². The lowest BCUT2D eigenvalue weighted by atomic mass is 10.1. The van der Waals surface area contributed by atoms with Crippen LogP contribution < -0.4 is 5.32 Å². The standard InChI is InChI=1S/C14H17NO/c1-3-4-11-15-14(16)10-9-13-7-5-12(2)6-8-13/h1,5-8H,4,9-11H2,2H3,(H,15,16). The van der Waals surface area contributed by atoms with Crippen molar-refractivity contribution >= 4 is 5.91 Å². The Hall–Kier alpha value is -1.75. The van der Waals surface area contributed by atoms with Crippen LogP contribution in [0.5, 0.6) is 0 Å². The highest BCUT2D eigenvalue weighted by Crippen LogP contribution is 2.05. The van der Waals surface area contributed by atoms with E-state index in [1.165, 1.54) is 11.1 Å². The van der Waals surface area contributed by atoms with Crippen molar-refractivity contribution in [3.8, 4) is 12.3 Å². The molecular formula is C14H17NO. The molecule has 0 fully saturated rings. The normalized spacial score (nSPS) is 9.50. The zero-order chi connectivity index (χ0) is 11.8. The van der Waals surface area contributed by atoms with Crippen LogP contribution in [0.15, 0.2) is 24.3 Å².